The van der Waals surface area contributed by atoms with Gasteiger partial charge in [-0.2, -0.15) is 0 Å². The molecule has 6 heteroatoms. The van der Waals surface area contributed by atoms with E-state index in [2.05, 4.69) is 16.6 Å². The van der Waals surface area contributed by atoms with E-state index in [1.807, 2.05) is 24.3 Å². The highest BCUT2D eigenvalue weighted by Crippen LogP contribution is 2.16. The Balaban J connectivity index is 2.16. The van der Waals surface area contributed by atoms with Gasteiger partial charge in [0.25, 0.3) is 0 Å². The largest absolute Gasteiger partial charge is 0.320 e. The van der Waals surface area contributed by atoms with Crippen molar-refractivity contribution in [2.24, 2.45) is 5.73 Å². The molecule has 1 aromatic carbocycles. The number of rotatable bonds is 4. The second-order valence-corrected chi connectivity index (χ2v) is 6.86. The van der Waals surface area contributed by atoms with E-state index >= 15 is 0 Å². The van der Waals surface area contributed by atoms with Crippen LogP contribution in [0.25, 0.3) is 0 Å². The zero-order chi connectivity index (χ0) is 14.4. The molecule has 2 aromatic rings. The van der Waals surface area contributed by atoms with Crippen molar-refractivity contribution < 1.29 is 8.42 Å². The summed E-state index contributed by atoms with van der Waals surface area (Å²) in [5, 5.41) is 1.73. The van der Waals surface area contributed by atoms with Crippen molar-refractivity contribution in [1.82, 2.24) is 4.72 Å². The zero-order valence-corrected chi connectivity index (χ0v) is 12.3. The average molecular weight is 306 g/mol. The lowest BCUT2D eigenvalue weighted by Crippen LogP contribution is -2.22. The Morgan fingerprint density at radius 3 is 2.70 bits per heavy atom. The monoisotopic (exact) mass is 306 g/mol. The molecule has 0 spiro atoms. The number of sulfonamides is 1. The van der Waals surface area contributed by atoms with Crippen LogP contribution in [0, 0.1) is 11.8 Å². The molecule has 0 aliphatic heterocycles. The highest BCUT2D eigenvalue weighted by molar-refractivity contribution is 7.91. The Bertz CT molecular complexity index is 726. The van der Waals surface area contributed by atoms with Crippen LogP contribution >= 0.6 is 11.3 Å². The average Bonchev–Trinajstić information content (AvgIpc) is 2.99. The predicted molar refractivity (Wildman–Crippen MR) is 80.7 cm³/mol. The second-order valence-electron chi connectivity index (χ2n) is 3.92. The number of hydrogen-bond donors (Lipinski definition) is 2. The fourth-order valence-corrected chi connectivity index (χ4v) is 3.65. The van der Waals surface area contributed by atoms with E-state index in [9.17, 15) is 8.42 Å². The molecule has 4 nitrogen and oxygen atoms in total. The van der Waals surface area contributed by atoms with Gasteiger partial charge in [0.1, 0.15) is 4.21 Å². The molecule has 1 heterocycles. The van der Waals surface area contributed by atoms with Gasteiger partial charge >= 0.3 is 0 Å². The third-order valence-electron chi connectivity index (χ3n) is 2.56. The minimum atomic E-state index is -3.46. The van der Waals surface area contributed by atoms with Gasteiger partial charge in [-0.1, -0.05) is 36.1 Å². The zero-order valence-electron chi connectivity index (χ0n) is 10.7. The van der Waals surface area contributed by atoms with E-state index in [4.69, 9.17) is 5.73 Å². The van der Waals surface area contributed by atoms with Crippen molar-refractivity contribution >= 4 is 21.4 Å². The summed E-state index contributed by atoms with van der Waals surface area (Å²) in [7, 11) is -3.46. The van der Waals surface area contributed by atoms with Crippen LogP contribution in [0.1, 0.15) is 11.1 Å². The molecule has 0 saturated carbocycles. The Morgan fingerprint density at radius 2 is 2.00 bits per heavy atom. The van der Waals surface area contributed by atoms with Crippen molar-refractivity contribution in [3.8, 4) is 11.8 Å². The molecule has 0 aliphatic carbocycles. The van der Waals surface area contributed by atoms with E-state index < -0.39 is 10.0 Å². The molecular formula is C14H14N2O2S2. The van der Waals surface area contributed by atoms with Gasteiger partial charge in [0.2, 0.25) is 10.0 Å². The Kier molecular flexibility index (Phi) is 4.93. The first-order valence-corrected chi connectivity index (χ1v) is 8.30. The molecule has 0 bridgehead atoms. The summed E-state index contributed by atoms with van der Waals surface area (Å²) in [6, 6.07) is 10.7. The first-order valence-electron chi connectivity index (χ1n) is 5.93. The van der Waals surface area contributed by atoms with Gasteiger partial charge in [0.05, 0.1) is 6.54 Å². The predicted octanol–water partition coefficient (Wildman–Crippen LogP) is 1.54. The normalized spacial score (nSPS) is 10.8. The topological polar surface area (TPSA) is 72.2 Å². The standard InChI is InChI=1S/C14H14N2O2S2/c15-9-3-7-12-5-1-2-6-13(12)11-16-20(17,18)14-8-4-10-19-14/h1-2,4-6,8,10,16H,9,11,15H2. The maximum Gasteiger partial charge on any atom is 0.250 e. The summed E-state index contributed by atoms with van der Waals surface area (Å²) in [6.07, 6.45) is 0. The fraction of sp³-hybridized carbons (Fsp3) is 0.143. The molecule has 0 saturated heterocycles. The Hall–Kier alpha value is -1.65. The smallest absolute Gasteiger partial charge is 0.250 e. The van der Waals surface area contributed by atoms with Crippen LogP contribution in [0.15, 0.2) is 46.0 Å². The molecular weight excluding hydrogens is 292 g/mol. The summed E-state index contributed by atoms with van der Waals surface area (Å²) >= 11 is 1.19. The number of nitrogens with two attached hydrogens (primary N) is 1. The minimum absolute atomic E-state index is 0.204. The lowest BCUT2D eigenvalue weighted by Gasteiger charge is -2.06. The highest BCUT2D eigenvalue weighted by Gasteiger charge is 2.14. The number of hydrogen-bond acceptors (Lipinski definition) is 4. The lowest BCUT2D eigenvalue weighted by atomic mass is 10.1. The molecule has 0 fully saturated rings. The molecule has 20 heavy (non-hydrogen) atoms. The van der Waals surface area contributed by atoms with Crippen molar-refractivity contribution in [3.63, 3.8) is 0 Å². The molecule has 0 amide bonds. The van der Waals surface area contributed by atoms with Crippen molar-refractivity contribution in [2.45, 2.75) is 10.8 Å². The molecule has 0 aliphatic rings. The first-order chi connectivity index (χ1) is 9.63. The van der Waals surface area contributed by atoms with E-state index in [1.165, 1.54) is 11.3 Å². The van der Waals surface area contributed by atoms with E-state index in [-0.39, 0.29) is 13.1 Å². The quantitative estimate of drug-likeness (QED) is 0.842. The SMILES string of the molecule is NCC#Cc1ccccc1CNS(=O)(=O)c1cccs1. The van der Waals surface area contributed by atoms with E-state index in [1.54, 1.807) is 17.5 Å². The first kappa shape index (κ1) is 14.8. The molecule has 104 valence electrons. The lowest BCUT2D eigenvalue weighted by molar-refractivity contribution is 0.583. The van der Waals surface area contributed by atoms with Gasteiger partial charge in [0, 0.05) is 12.1 Å². The Morgan fingerprint density at radius 1 is 1.20 bits per heavy atom. The van der Waals surface area contributed by atoms with Crippen LogP contribution in [0.5, 0.6) is 0 Å². The molecule has 0 atom stereocenters. The minimum Gasteiger partial charge on any atom is -0.320 e. The van der Waals surface area contributed by atoms with Crippen LogP contribution in [0.2, 0.25) is 0 Å². The Labute approximate surface area is 122 Å². The van der Waals surface area contributed by atoms with Gasteiger partial charge in [-0.15, -0.1) is 11.3 Å². The highest BCUT2D eigenvalue weighted by atomic mass is 32.2. The summed E-state index contributed by atoms with van der Waals surface area (Å²) in [5.41, 5.74) is 6.96. The maximum atomic E-state index is 12.0. The summed E-state index contributed by atoms with van der Waals surface area (Å²) in [6.45, 7) is 0.477. The summed E-state index contributed by atoms with van der Waals surface area (Å²) < 4.78 is 27.0. The number of benzene rings is 1. The van der Waals surface area contributed by atoms with Gasteiger partial charge in [-0.25, -0.2) is 13.1 Å². The van der Waals surface area contributed by atoms with Crippen LogP contribution in [-0.2, 0) is 16.6 Å². The number of nitrogens with one attached hydrogen (secondary N) is 1. The number of thiophene rings is 1. The third-order valence-corrected chi connectivity index (χ3v) is 5.35. The van der Waals surface area contributed by atoms with Crippen molar-refractivity contribution in [1.29, 1.82) is 0 Å². The summed E-state index contributed by atoms with van der Waals surface area (Å²) in [5.74, 6) is 5.71. The summed E-state index contributed by atoms with van der Waals surface area (Å²) in [4.78, 5) is 0. The van der Waals surface area contributed by atoms with E-state index in [0.717, 1.165) is 11.1 Å². The third kappa shape index (κ3) is 3.68. The molecule has 2 rings (SSSR count). The van der Waals surface area contributed by atoms with Gasteiger partial charge in [-0.05, 0) is 23.1 Å². The molecule has 1 aromatic heterocycles. The van der Waals surface area contributed by atoms with E-state index in [0.29, 0.717) is 4.21 Å². The molecule has 0 unspecified atom stereocenters. The van der Waals surface area contributed by atoms with Crippen LogP contribution < -0.4 is 10.5 Å². The van der Waals surface area contributed by atoms with Gasteiger partial charge < -0.3 is 5.73 Å². The van der Waals surface area contributed by atoms with Gasteiger partial charge in [0.15, 0.2) is 0 Å². The second kappa shape index (κ2) is 6.68. The fourth-order valence-electron chi connectivity index (χ4n) is 1.60. The van der Waals surface area contributed by atoms with Crippen molar-refractivity contribution in [2.75, 3.05) is 6.54 Å². The molecule has 0 radical (unpaired) electrons. The molecule has 3 N–H and O–H groups in total. The van der Waals surface area contributed by atoms with Crippen LogP contribution in [-0.4, -0.2) is 15.0 Å². The van der Waals surface area contributed by atoms with Gasteiger partial charge in [-0.3, -0.25) is 0 Å². The van der Waals surface area contributed by atoms with Crippen LogP contribution in [0.3, 0.4) is 0 Å². The van der Waals surface area contributed by atoms with Crippen LogP contribution in [0.4, 0.5) is 0 Å². The maximum absolute atomic E-state index is 12.0. The van der Waals surface area contributed by atoms with Crippen molar-refractivity contribution in [3.05, 3.63) is 52.9 Å².